The Bertz CT molecular complexity index is 937. The fourth-order valence-electron chi connectivity index (χ4n) is 3.62. The minimum Gasteiger partial charge on any atom is -0.341 e. The smallest absolute Gasteiger partial charge is 0.247 e. The van der Waals surface area contributed by atoms with E-state index in [9.17, 15) is 14.4 Å². The molecule has 4 rings (SSSR count). The van der Waals surface area contributed by atoms with Gasteiger partial charge in [-0.3, -0.25) is 14.4 Å². The molecule has 29 heavy (non-hydrogen) atoms. The molecule has 2 aromatic carbocycles. The summed E-state index contributed by atoms with van der Waals surface area (Å²) in [4.78, 5) is 40.5. The van der Waals surface area contributed by atoms with Crippen LogP contribution in [0.15, 0.2) is 53.4 Å². The van der Waals surface area contributed by atoms with Crippen LogP contribution < -0.4 is 10.6 Å². The Morgan fingerprint density at radius 2 is 1.76 bits per heavy atom. The van der Waals surface area contributed by atoms with Crippen molar-refractivity contribution < 1.29 is 14.4 Å². The van der Waals surface area contributed by atoms with E-state index < -0.39 is 5.25 Å². The van der Waals surface area contributed by atoms with E-state index in [1.807, 2.05) is 55.5 Å². The summed E-state index contributed by atoms with van der Waals surface area (Å²) >= 11 is 1.29. The Balaban J connectivity index is 1.33. The molecule has 0 spiro atoms. The second-order valence-corrected chi connectivity index (χ2v) is 8.59. The molecule has 150 valence electrons. The normalized spacial score (nSPS) is 19.3. The van der Waals surface area contributed by atoms with Crippen molar-refractivity contribution in [1.29, 1.82) is 0 Å². The second kappa shape index (κ2) is 8.29. The van der Waals surface area contributed by atoms with Crippen molar-refractivity contribution in [1.82, 2.24) is 4.90 Å². The number of carbonyl (C=O) groups is 3. The van der Waals surface area contributed by atoms with Gasteiger partial charge in [0.15, 0.2) is 5.25 Å². The van der Waals surface area contributed by atoms with Crippen molar-refractivity contribution >= 4 is 40.9 Å². The molecule has 2 aliphatic heterocycles. The van der Waals surface area contributed by atoms with Crippen molar-refractivity contribution in [2.24, 2.45) is 5.92 Å². The highest BCUT2D eigenvalue weighted by atomic mass is 32.2. The highest BCUT2D eigenvalue weighted by molar-refractivity contribution is 8.01. The van der Waals surface area contributed by atoms with Crippen LogP contribution in [0.4, 0.5) is 11.4 Å². The number of rotatable bonds is 3. The number of amides is 3. The summed E-state index contributed by atoms with van der Waals surface area (Å²) in [7, 11) is 0. The highest BCUT2D eigenvalue weighted by Gasteiger charge is 2.37. The molecule has 3 amide bonds. The van der Waals surface area contributed by atoms with Gasteiger partial charge < -0.3 is 15.5 Å². The summed E-state index contributed by atoms with van der Waals surface area (Å²) in [5.41, 5.74) is 2.67. The molecule has 2 aliphatic rings. The van der Waals surface area contributed by atoms with Gasteiger partial charge in [0.05, 0.1) is 5.69 Å². The maximum atomic E-state index is 12.9. The lowest BCUT2D eigenvalue weighted by Crippen LogP contribution is -2.48. The Morgan fingerprint density at radius 1 is 1.07 bits per heavy atom. The van der Waals surface area contributed by atoms with Crippen LogP contribution >= 0.6 is 11.8 Å². The van der Waals surface area contributed by atoms with Crippen molar-refractivity contribution in [3.63, 3.8) is 0 Å². The van der Waals surface area contributed by atoms with Gasteiger partial charge in [-0.05, 0) is 44.0 Å². The monoisotopic (exact) mass is 409 g/mol. The molecule has 2 aromatic rings. The molecular weight excluding hydrogens is 386 g/mol. The zero-order valence-corrected chi connectivity index (χ0v) is 17.0. The third kappa shape index (κ3) is 4.29. The Morgan fingerprint density at radius 3 is 2.48 bits per heavy atom. The molecule has 0 aliphatic carbocycles. The number of nitrogens with zero attached hydrogens (tertiary/aromatic N) is 1. The van der Waals surface area contributed by atoms with Gasteiger partial charge in [0, 0.05) is 29.6 Å². The molecule has 0 radical (unpaired) electrons. The minimum atomic E-state index is -0.775. The molecule has 0 aromatic heterocycles. The lowest BCUT2D eigenvalue weighted by Gasteiger charge is -2.34. The van der Waals surface area contributed by atoms with Crippen molar-refractivity contribution in [2.75, 3.05) is 23.7 Å². The number of fused-ring (bicyclic) bond motifs is 1. The highest BCUT2D eigenvalue weighted by Crippen LogP contribution is 2.36. The fourth-order valence-corrected chi connectivity index (χ4v) is 4.70. The van der Waals surface area contributed by atoms with E-state index in [2.05, 4.69) is 10.6 Å². The SMILES string of the molecule is Cc1ccc(NC(=O)C2CCN(C(=O)C3Sc4ccccc4NC3=O)CC2)cc1. The van der Waals surface area contributed by atoms with E-state index in [1.54, 1.807) is 4.90 Å². The van der Waals surface area contributed by atoms with Crippen LogP contribution in [0.25, 0.3) is 0 Å². The maximum Gasteiger partial charge on any atom is 0.247 e. The quantitative estimate of drug-likeness (QED) is 0.763. The number of likely N-dealkylation sites (tertiary alicyclic amines) is 1. The number of thioether (sulfide) groups is 1. The standard InChI is InChI=1S/C22H23N3O3S/c1-14-6-8-16(9-7-14)23-20(26)15-10-12-25(13-11-15)22(28)19-21(27)24-17-4-2-3-5-18(17)29-19/h2-9,15,19H,10-13H2,1H3,(H,23,26)(H,24,27). The molecule has 1 saturated heterocycles. The van der Waals surface area contributed by atoms with E-state index in [0.717, 1.165) is 21.8 Å². The van der Waals surface area contributed by atoms with Crippen molar-refractivity contribution in [2.45, 2.75) is 29.9 Å². The number of hydrogen-bond acceptors (Lipinski definition) is 4. The van der Waals surface area contributed by atoms with E-state index in [0.29, 0.717) is 25.9 Å². The number of carbonyl (C=O) groups excluding carboxylic acids is 3. The molecule has 1 atom stereocenters. The van der Waals surface area contributed by atoms with Gasteiger partial charge in [-0.25, -0.2) is 0 Å². The van der Waals surface area contributed by atoms with Crippen LogP contribution in [-0.4, -0.2) is 41.0 Å². The molecule has 0 bridgehead atoms. The first-order valence-corrected chi connectivity index (χ1v) is 10.6. The van der Waals surface area contributed by atoms with Crippen LogP contribution in [0.1, 0.15) is 18.4 Å². The predicted molar refractivity (Wildman–Crippen MR) is 114 cm³/mol. The second-order valence-electron chi connectivity index (χ2n) is 7.44. The molecule has 1 fully saturated rings. The van der Waals surface area contributed by atoms with Crippen molar-refractivity contribution in [3.05, 3.63) is 54.1 Å². The number of nitrogens with one attached hydrogen (secondary N) is 2. The summed E-state index contributed by atoms with van der Waals surface area (Å²) in [6.45, 7) is 2.97. The van der Waals surface area contributed by atoms with Crippen LogP contribution in [0.3, 0.4) is 0 Å². The average Bonchev–Trinajstić information content (AvgIpc) is 2.74. The number of aryl methyl sites for hydroxylation is 1. The lowest BCUT2D eigenvalue weighted by molar-refractivity contribution is -0.136. The molecule has 1 unspecified atom stereocenters. The first-order chi connectivity index (χ1) is 14.0. The summed E-state index contributed by atoms with van der Waals surface area (Å²) in [6.07, 6.45) is 1.19. The number of piperidine rings is 1. The molecule has 7 heteroatoms. The average molecular weight is 410 g/mol. The third-order valence-electron chi connectivity index (χ3n) is 5.35. The molecule has 2 N–H and O–H groups in total. The Hall–Kier alpha value is -2.80. The van der Waals surface area contributed by atoms with E-state index in [4.69, 9.17) is 0 Å². The van der Waals surface area contributed by atoms with Crippen molar-refractivity contribution in [3.8, 4) is 0 Å². The first-order valence-electron chi connectivity index (χ1n) is 9.74. The summed E-state index contributed by atoms with van der Waals surface area (Å²) < 4.78 is 0. The van der Waals surface area contributed by atoms with E-state index in [-0.39, 0.29) is 23.6 Å². The van der Waals surface area contributed by atoms with E-state index >= 15 is 0 Å². The van der Waals surface area contributed by atoms with Gasteiger partial charge >= 0.3 is 0 Å². The summed E-state index contributed by atoms with van der Waals surface area (Å²) in [5.74, 6) is -0.606. The number of anilines is 2. The zero-order chi connectivity index (χ0) is 20.4. The summed E-state index contributed by atoms with van der Waals surface area (Å²) in [6, 6.07) is 15.2. The minimum absolute atomic E-state index is 0.0142. The largest absolute Gasteiger partial charge is 0.341 e. The van der Waals surface area contributed by atoms with Crippen LogP contribution in [0.2, 0.25) is 0 Å². The Labute approximate surface area is 174 Å². The maximum absolute atomic E-state index is 12.9. The topological polar surface area (TPSA) is 78.5 Å². The molecule has 0 saturated carbocycles. The lowest BCUT2D eigenvalue weighted by atomic mass is 9.95. The van der Waals surface area contributed by atoms with Crippen LogP contribution in [0.5, 0.6) is 0 Å². The molecule has 2 heterocycles. The number of benzene rings is 2. The number of hydrogen-bond donors (Lipinski definition) is 2. The van der Waals surface area contributed by atoms with Gasteiger partial charge in [0.1, 0.15) is 0 Å². The van der Waals surface area contributed by atoms with Crippen LogP contribution in [-0.2, 0) is 14.4 Å². The number of para-hydroxylation sites is 1. The van der Waals surface area contributed by atoms with Gasteiger partial charge in [0.25, 0.3) is 0 Å². The fraction of sp³-hybridized carbons (Fsp3) is 0.318. The van der Waals surface area contributed by atoms with Gasteiger partial charge in [-0.1, -0.05) is 29.8 Å². The van der Waals surface area contributed by atoms with Gasteiger partial charge in [-0.15, -0.1) is 11.8 Å². The predicted octanol–water partition coefficient (Wildman–Crippen LogP) is 3.29. The van der Waals surface area contributed by atoms with Gasteiger partial charge in [-0.2, -0.15) is 0 Å². The van der Waals surface area contributed by atoms with E-state index in [1.165, 1.54) is 11.8 Å². The summed E-state index contributed by atoms with van der Waals surface area (Å²) in [5, 5.41) is 5.00. The first kappa shape index (κ1) is 19.5. The molecule has 6 nitrogen and oxygen atoms in total. The third-order valence-corrected chi connectivity index (χ3v) is 6.61. The molecular formula is C22H23N3O3S. The Kier molecular flexibility index (Phi) is 5.58. The zero-order valence-electron chi connectivity index (χ0n) is 16.2. The van der Waals surface area contributed by atoms with Gasteiger partial charge in [0.2, 0.25) is 17.7 Å². The van der Waals surface area contributed by atoms with Crippen LogP contribution in [0, 0.1) is 12.8 Å².